The molecular weight excluding hydrogens is 306 g/mol. The fourth-order valence-electron chi connectivity index (χ4n) is 2.71. The van der Waals surface area contributed by atoms with Gasteiger partial charge in [0.05, 0.1) is 0 Å². The number of benzene rings is 2. The number of hydrogen-bond donors (Lipinski definition) is 3. The first-order chi connectivity index (χ1) is 8.72. The third-order valence-electron chi connectivity index (χ3n) is 3.62. The zero-order valence-electron chi connectivity index (χ0n) is 10.6. The van der Waals surface area contributed by atoms with Crippen molar-refractivity contribution in [3.63, 3.8) is 0 Å². The van der Waals surface area contributed by atoms with Crippen LogP contribution in [0.1, 0.15) is 17.2 Å². The molecule has 1 aliphatic rings. The van der Waals surface area contributed by atoms with Crippen LogP contribution in [0.5, 0.6) is 11.5 Å². The smallest absolute Gasteiger partial charge is 0.165 e. The lowest BCUT2D eigenvalue weighted by atomic mass is 9.82. The summed E-state index contributed by atoms with van der Waals surface area (Å²) in [4.78, 5) is 0. The van der Waals surface area contributed by atoms with Crippen LogP contribution in [-0.4, -0.2) is 17.3 Å². The first-order valence-electron chi connectivity index (χ1n) is 6.02. The average Bonchev–Trinajstić information content (AvgIpc) is 2.41. The second-order valence-electron chi connectivity index (χ2n) is 4.60. The molecule has 100 valence electrons. The average molecular weight is 322 g/mol. The van der Waals surface area contributed by atoms with Crippen molar-refractivity contribution >= 4 is 17.0 Å². The fourth-order valence-corrected chi connectivity index (χ4v) is 2.71. The van der Waals surface area contributed by atoms with Crippen molar-refractivity contribution in [1.29, 1.82) is 0 Å². The van der Waals surface area contributed by atoms with E-state index in [9.17, 15) is 10.2 Å². The van der Waals surface area contributed by atoms with E-state index in [0.717, 1.165) is 28.7 Å². The minimum atomic E-state index is -0.0635. The Morgan fingerprint density at radius 2 is 1.84 bits per heavy atom. The van der Waals surface area contributed by atoms with Crippen LogP contribution in [0.4, 0.5) is 0 Å². The van der Waals surface area contributed by atoms with Crippen LogP contribution >= 0.6 is 17.0 Å². The Morgan fingerprint density at radius 1 is 1.11 bits per heavy atom. The van der Waals surface area contributed by atoms with Gasteiger partial charge in [0.25, 0.3) is 0 Å². The van der Waals surface area contributed by atoms with Crippen molar-refractivity contribution in [2.75, 3.05) is 7.05 Å². The standard InChI is InChI=1S/C15H15NO2.BrH/c1-16-12-8-9-6-7-13(17)15(18)14(9)11-5-3-2-4-10(11)12;/h2-7,12,16-18H,8H2,1H3;1H. The molecule has 4 heteroatoms. The Labute approximate surface area is 122 Å². The van der Waals surface area contributed by atoms with Gasteiger partial charge < -0.3 is 15.5 Å². The lowest BCUT2D eigenvalue weighted by Gasteiger charge is -2.28. The maximum atomic E-state index is 10.1. The van der Waals surface area contributed by atoms with Crippen LogP contribution in [0.3, 0.4) is 0 Å². The van der Waals surface area contributed by atoms with Gasteiger partial charge in [-0.2, -0.15) is 0 Å². The van der Waals surface area contributed by atoms with Gasteiger partial charge in [-0.3, -0.25) is 0 Å². The highest BCUT2D eigenvalue weighted by Crippen LogP contribution is 2.46. The Balaban J connectivity index is 0.00000133. The van der Waals surface area contributed by atoms with E-state index in [0.29, 0.717) is 0 Å². The molecule has 1 aliphatic carbocycles. The normalized spacial score (nSPS) is 16.2. The molecule has 0 saturated heterocycles. The monoisotopic (exact) mass is 321 g/mol. The zero-order valence-corrected chi connectivity index (χ0v) is 12.3. The summed E-state index contributed by atoms with van der Waals surface area (Å²) in [5, 5.41) is 23.0. The van der Waals surface area contributed by atoms with E-state index >= 15 is 0 Å². The number of rotatable bonds is 1. The molecule has 0 amide bonds. The maximum Gasteiger partial charge on any atom is 0.165 e. The largest absolute Gasteiger partial charge is 0.504 e. The minimum absolute atomic E-state index is 0. The van der Waals surface area contributed by atoms with Crippen LogP contribution < -0.4 is 5.32 Å². The summed E-state index contributed by atoms with van der Waals surface area (Å²) in [5.74, 6) is -0.0824. The molecule has 2 aromatic carbocycles. The third kappa shape index (κ3) is 2.11. The maximum absolute atomic E-state index is 10.1. The summed E-state index contributed by atoms with van der Waals surface area (Å²) >= 11 is 0. The molecule has 0 spiro atoms. The minimum Gasteiger partial charge on any atom is -0.504 e. The first kappa shape index (κ1) is 13.9. The second-order valence-corrected chi connectivity index (χ2v) is 4.60. The molecule has 3 N–H and O–H groups in total. The van der Waals surface area contributed by atoms with E-state index in [1.54, 1.807) is 6.07 Å². The number of phenols is 2. The molecule has 19 heavy (non-hydrogen) atoms. The highest BCUT2D eigenvalue weighted by molar-refractivity contribution is 8.93. The van der Waals surface area contributed by atoms with Crippen molar-refractivity contribution in [3.8, 4) is 22.6 Å². The van der Waals surface area contributed by atoms with Gasteiger partial charge in [-0.25, -0.2) is 0 Å². The zero-order chi connectivity index (χ0) is 12.7. The molecule has 1 atom stereocenters. The van der Waals surface area contributed by atoms with E-state index in [2.05, 4.69) is 11.4 Å². The predicted molar refractivity (Wildman–Crippen MR) is 81.0 cm³/mol. The summed E-state index contributed by atoms with van der Waals surface area (Å²) in [6.45, 7) is 0. The van der Waals surface area contributed by atoms with Gasteiger partial charge in [0.15, 0.2) is 11.5 Å². The molecule has 0 radical (unpaired) electrons. The summed E-state index contributed by atoms with van der Waals surface area (Å²) in [5.41, 5.74) is 3.97. The Kier molecular flexibility index (Phi) is 3.83. The molecule has 0 saturated carbocycles. The molecule has 1 unspecified atom stereocenters. The first-order valence-corrected chi connectivity index (χ1v) is 6.02. The van der Waals surface area contributed by atoms with Crippen molar-refractivity contribution in [2.24, 2.45) is 0 Å². The quantitative estimate of drug-likeness (QED) is 0.707. The fraction of sp³-hybridized carbons (Fsp3) is 0.200. The Hall–Kier alpha value is -1.52. The summed E-state index contributed by atoms with van der Waals surface area (Å²) in [6, 6.07) is 11.7. The van der Waals surface area contributed by atoms with Crippen LogP contribution in [0.15, 0.2) is 36.4 Å². The van der Waals surface area contributed by atoms with Gasteiger partial charge in [0.1, 0.15) is 0 Å². The summed E-state index contributed by atoms with van der Waals surface area (Å²) < 4.78 is 0. The molecule has 0 bridgehead atoms. The summed E-state index contributed by atoms with van der Waals surface area (Å²) in [7, 11) is 1.94. The number of fused-ring (bicyclic) bond motifs is 3. The predicted octanol–water partition coefficient (Wildman–Crippen LogP) is 3.16. The molecule has 2 aromatic rings. The summed E-state index contributed by atoms with van der Waals surface area (Å²) in [6.07, 6.45) is 0.816. The van der Waals surface area contributed by atoms with Crippen LogP contribution in [0.2, 0.25) is 0 Å². The molecule has 0 aromatic heterocycles. The van der Waals surface area contributed by atoms with E-state index in [-0.39, 0.29) is 34.5 Å². The molecule has 0 fully saturated rings. The van der Waals surface area contributed by atoms with Gasteiger partial charge >= 0.3 is 0 Å². The lowest BCUT2D eigenvalue weighted by Crippen LogP contribution is -2.22. The number of halogens is 1. The highest BCUT2D eigenvalue weighted by atomic mass is 79.9. The van der Waals surface area contributed by atoms with Crippen molar-refractivity contribution in [2.45, 2.75) is 12.5 Å². The van der Waals surface area contributed by atoms with Crippen LogP contribution in [0, 0.1) is 0 Å². The van der Waals surface area contributed by atoms with Gasteiger partial charge in [-0.1, -0.05) is 30.3 Å². The van der Waals surface area contributed by atoms with Crippen LogP contribution in [0.25, 0.3) is 11.1 Å². The Morgan fingerprint density at radius 3 is 2.58 bits per heavy atom. The Bertz CT molecular complexity index is 613. The lowest BCUT2D eigenvalue weighted by molar-refractivity contribution is 0.403. The SMILES string of the molecule is Br.CNC1Cc2ccc(O)c(O)c2-c2ccccc21. The van der Waals surface area contributed by atoms with E-state index in [4.69, 9.17) is 0 Å². The van der Waals surface area contributed by atoms with E-state index in [1.807, 2.05) is 31.3 Å². The number of likely N-dealkylation sites (N-methyl/N-ethyl adjacent to an activating group) is 1. The third-order valence-corrected chi connectivity index (χ3v) is 3.62. The molecule has 0 aliphatic heterocycles. The van der Waals surface area contributed by atoms with Crippen LogP contribution in [-0.2, 0) is 6.42 Å². The van der Waals surface area contributed by atoms with Crippen molar-refractivity contribution in [3.05, 3.63) is 47.5 Å². The molecular formula is C15H16BrNO2. The van der Waals surface area contributed by atoms with Crippen molar-refractivity contribution < 1.29 is 10.2 Å². The van der Waals surface area contributed by atoms with E-state index in [1.165, 1.54) is 0 Å². The topological polar surface area (TPSA) is 52.5 Å². The number of hydrogen-bond acceptors (Lipinski definition) is 3. The molecule has 3 rings (SSSR count). The molecule has 3 nitrogen and oxygen atoms in total. The van der Waals surface area contributed by atoms with E-state index < -0.39 is 0 Å². The van der Waals surface area contributed by atoms with Gasteiger partial charge in [-0.15, -0.1) is 17.0 Å². The number of aromatic hydroxyl groups is 2. The van der Waals surface area contributed by atoms with Gasteiger partial charge in [0, 0.05) is 11.6 Å². The second kappa shape index (κ2) is 5.23. The number of phenolic OH excluding ortho intramolecular Hbond substituents is 2. The molecule has 0 heterocycles. The van der Waals surface area contributed by atoms with Gasteiger partial charge in [0.2, 0.25) is 0 Å². The highest BCUT2D eigenvalue weighted by Gasteiger charge is 2.26. The number of nitrogens with one attached hydrogen (secondary N) is 1. The van der Waals surface area contributed by atoms with Crippen molar-refractivity contribution in [1.82, 2.24) is 5.32 Å². The van der Waals surface area contributed by atoms with Gasteiger partial charge in [-0.05, 0) is 36.2 Å².